The van der Waals surface area contributed by atoms with Gasteiger partial charge in [0.2, 0.25) is 0 Å². The molecule has 1 saturated heterocycles. The quantitative estimate of drug-likeness (QED) is 0.689. The number of carbonyl (C=O) groups is 1. The van der Waals surface area contributed by atoms with Crippen LogP contribution >= 0.6 is 11.8 Å². The fourth-order valence-corrected chi connectivity index (χ4v) is 3.93. The predicted octanol–water partition coefficient (Wildman–Crippen LogP) is 3.65. The lowest BCUT2D eigenvalue weighted by atomic mass is 9.94. The molecule has 5 nitrogen and oxygen atoms in total. The van der Waals surface area contributed by atoms with E-state index in [9.17, 15) is 9.59 Å². The van der Waals surface area contributed by atoms with Crippen molar-refractivity contribution in [2.45, 2.75) is 23.1 Å². The second-order valence-corrected chi connectivity index (χ2v) is 7.44. The molecule has 0 unspecified atom stereocenters. The summed E-state index contributed by atoms with van der Waals surface area (Å²) in [6, 6.07) is 19.8. The number of hydrogen-bond acceptors (Lipinski definition) is 4. The van der Waals surface area contributed by atoms with Gasteiger partial charge in [0.15, 0.2) is 0 Å². The summed E-state index contributed by atoms with van der Waals surface area (Å²) in [5, 5.41) is 0. The second-order valence-electron chi connectivity index (χ2n) is 6.39. The number of carbonyl (C=O) groups excluding carboxylic acids is 1. The van der Waals surface area contributed by atoms with Crippen LogP contribution in [0.2, 0.25) is 0 Å². The Balaban J connectivity index is 1.46. The van der Waals surface area contributed by atoms with Gasteiger partial charge in [-0.05, 0) is 24.1 Å². The minimum atomic E-state index is -0.377. The van der Waals surface area contributed by atoms with Crippen LogP contribution in [0.25, 0.3) is 0 Å². The zero-order valence-electron chi connectivity index (χ0n) is 14.7. The molecular formula is C21H19N3O2S. The molecule has 136 valence electrons. The first kappa shape index (κ1) is 17.5. The summed E-state index contributed by atoms with van der Waals surface area (Å²) < 4.78 is 0. The molecule has 3 aromatic rings. The molecule has 0 bridgehead atoms. The van der Waals surface area contributed by atoms with E-state index in [2.05, 4.69) is 9.97 Å². The number of nitrogens with one attached hydrogen (secondary N) is 1. The van der Waals surface area contributed by atoms with E-state index in [1.54, 1.807) is 16.7 Å². The largest absolute Gasteiger partial charge is 0.331 e. The van der Waals surface area contributed by atoms with Gasteiger partial charge < -0.3 is 9.88 Å². The Morgan fingerprint density at radius 3 is 2.44 bits per heavy atom. The maximum Gasteiger partial charge on any atom is 0.263 e. The molecule has 0 radical (unpaired) electrons. The van der Waals surface area contributed by atoms with E-state index >= 15 is 0 Å². The number of H-pyrrole nitrogens is 1. The SMILES string of the molecule is O=C(c1cnc(CSc2ccccc2)[nH]c1=O)N1CC[C@@H]1c1ccccc1. The van der Waals surface area contributed by atoms with E-state index in [0.29, 0.717) is 18.1 Å². The molecule has 1 fully saturated rings. The highest BCUT2D eigenvalue weighted by atomic mass is 32.2. The number of aromatic nitrogens is 2. The number of thioether (sulfide) groups is 1. The maximum atomic E-state index is 12.8. The number of hydrogen-bond donors (Lipinski definition) is 1. The van der Waals surface area contributed by atoms with Crippen LogP contribution in [0.5, 0.6) is 0 Å². The molecule has 2 heterocycles. The molecule has 1 aliphatic heterocycles. The third-order valence-electron chi connectivity index (χ3n) is 4.67. The molecule has 0 aliphatic carbocycles. The van der Waals surface area contributed by atoms with Gasteiger partial charge in [-0.25, -0.2) is 4.98 Å². The van der Waals surface area contributed by atoms with Gasteiger partial charge >= 0.3 is 0 Å². The zero-order chi connectivity index (χ0) is 18.6. The first-order valence-electron chi connectivity index (χ1n) is 8.84. The van der Waals surface area contributed by atoms with Gasteiger partial charge in [-0.1, -0.05) is 48.5 Å². The van der Waals surface area contributed by atoms with Gasteiger partial charge in [0.05, 0.1) is 11.8 Å². The van der Waals surface area contributed by atoms with E-state index in [1.807, 2.05) is 60.7 Å². The van der Waals surface area contributed by atoms with Gasteiger partial charge in [-0.15, -0.1) is 11.8 Å². The van der Waals surface area contributed by atoms with Crippen LogP contribution in [-0.4, -0.2) is 27.3 Å². The lowest BCUT2D eigenvalue weighted by Gasteiger charge is -2.41. The molecule has 4 rings (SSSR count). The van der Waals surface area contributed by atoms with Gasteiger partial charge in [-0.3, -0.25) is 9.59 Å². The van der Waals surface area contributed by atoms with Gasteiger partial charge in [-0.2, -0.15) is 0 Å². The molecule has 1 amide bonds. The highest BCUT2D eigenvalue weighted by Crippen LogP contribution is 2.33. The Labute approximate surface area is 161 Å². The van der Waals surface area contributed by atoms with Crippen LogP contribution in [0.15, 0.2) is 76.6 Å². The molecule has 6 heteroatoms. The summed E-state index contributed by atoms with van der Waals surface area (Å²) in [5.74, 6) is 0.851. The van der Waals surface area contributed by atoms with Crippen LogP contribution in [0.3, 0.4) is 0 Å². The monoisotopic (exact) mass is 377 g/mol. The summed E-state index contributed by atoms with van der Waals surface area (Å²) >= 11 is 1.59. The molecule has 1 atom stereocenters. The van der Waals surface area contributed by atoms with Crippen LogP contribution in [-0.2, 0) is 5.75 Å². The van der Waals surface area contributed by atoms with E-state index in [0.717, 1.165) is 16.9 Å². The molecule has 1 aromatic heterocycles. The Morgan fingerprint density at radius 1 is 1.11 bits per heavy atom. The molecule has 1 aliphatic rings. The molecule has 0 spiro atoms. The number of amides is 1. The highest BCUT2D eigenvalue weighted by molar-refractivity contribution is 7.98. The normalized spacial score (nSPS) is 16.0. The Hall–Kier alpha value is -2.86. The molecule has 2 aromatic carbocycles. The zero-order valence-corrected chi connectivity index (χ0v) is 15.5. The van der Waals surface area contributed by atoms with Crippen molar-refractivity contribution in [2.24, 2.45) is 0 Å². The van der Waals surface area contributed by atoms with Gasteiger partial charge in [0.1, 0.15) is 11.4 Å². The Morgan fingerprint density at radius 2 is 1.81 bits per heavy atom. The summed E-state index contributed by atoms with van der Waals surface area (Å²) in [6.45, 7) is 0.656. The number of nitrogens with zero attached hydrogens (tertiary/aromatic N) is 2. The van der Waals surface area contributed by atoms with Crippen molar-refractivity contribution in [1.82, 2.24) is 14.9 Å². The van der Waals surface area contributed by atoms with Crippen molar-refractivity contribution in [2.75, 3.05) is 6.54 Å². The van der Waals surface area contributed by atoms with E-state index in [-0.39, 0.29) is 23.1 Å². The van der Waals surface area contributed by atoms with Crippen molar-refractivity contribution < 1.29 is 4.79 Å². The van der Waals surface area contributed by atoms with Crippen molar-refractivity contribution in [3.63, 3.8) is 0 Å². The van der Waals surface area contributed by atoms with E-state index < -0.39 is 0 Å². The topological polar surface area (TPSA) is 66.1 Å². The molecule has 1 N–H and O–H groups in total. The summed E-state index contributed by atoms with van der Waals surface area (Å²) in [6.07, 6.45) is 2.31. The maximum absolute atomic E-state index is 12.8. The van der Waals surface area contributed by atoms with Gasteiger partial charge in [0, 0.05) is 17.6 Å². The minimum Gasteiger partial charge on any atom is -0.331 e. The number of rotatable bonds is 5. The fraction of sp³-hybridized carbons (Fsp3) is 0.190. The van der Waals surface area contributed by atoms with Crippen LogP contribution in [0.4, 0.5) is 0 Å². The highest BCUT2D eigenvalue weighted by Gasteiger charge is 2.34. The number of benzene rings is 2. The van der Waals surface area contributed by atoms with Crippen LogP contribution < -0.4 is 5.56 Å². The van der Waals surface area contributed by atoms with Crippen molar-refractivity contribution in [3.05, 3.63) is 94.2 Å². The second kappa shape index (κ2) is 7.80. The lowest BCUT2D eigenvalue weighted by molar-refractivity contribution is 0.0458. The summed E-state index contributed by atoms with van der Waals surface area (Å²) in [5.41, 5.74) is 0.818. The molecule has 0 saturated carbocycles. The first-order valence-corrected chi connectivity index (χ1v) is 9.83. The van der Waals surface area contributed by atoms with Crippen LogP contribution in [0, 0.1) is 0 Å². The lowest BCUT2D eigenvalue weighted by Crippen LogP contribution is -2.46. The van der Waals surface area contributed by atoms with Crippen molar-refractivity contribution in [3.8, 4) is 0 Å². The number of aromatic amines is 1. The van der Waals surface area contributed by atoms with Crippen molar-refractivity contribution in [1.29, 1.82) is 0 Å². The third-order valence-corrected chi connectivity index (χ3v) is 5.69. The Kier molecular flexibility index (Phi) is 5.07. The summed E-state index contributed by atoms with van der Waals surface area (Å²) in [7, 11) is 0. The average molecular weight is 377 g/mol. The van der Waals surface area contributed by atoms with Gasteiger partial charge in [0.25, 0.3) is 11.5 Å². The minimum absolute atomic E-state index is 0.0337. The van der Waals surface area contributed by atoms with Crippen LogP contribution in [0.1, 0.15) is 34.2 Å². The predicted molar refractivity (Wildman–Crippen MR) is 106 cm³/mol. The standard InChI is InChI=1S/C21H19N3O2S/c25-20-17(13-22-19(23-20)14-27-16-9-5-2-6-10-16)21(26)24-12-11-18(24)15-7-3-1-4-8-15/h1-10,13,18H,11-12,14H2,(H,22,23,25)/t18-/m1/s1. The average Bonchev–Trinajstić information content (AvgIpc) is 2.67. The molecule has 27 heavy (non-hydrogen) atoms. The van der Waals surface area contributed by atoms with E-state index in [4.69, 9.17) is 0 Å². The number of likely N-dealkylation sites (tertiary alicyclic amines) is 1. The summed E-state index contributed by atoms with van der Waals surface area (Å²) in [4.78, 5) is 35.1. The first-order chi connectivity index (χ1) is 13.2. The molecular weight excluding hydrogens is 358 g/mol. The fourth-order valence-electron chi connectivity index (χ4n) is 3.13. The van der Waals surface area contributed by atoms with E-state index in [1.165, 1.54) is 6.20 Å². The third kappa shape index (κ3) is 3.80. The Bertz CT molecular complexity index is 989. The smallest absolute Gasteiger partial charge is 0.263 e. The van der Waals surface area contributed by atoms with Crippen molar-refractivity contribution >= 4 is 17.7 Å².